The molecule has 13 heteroatoms. The molecule has 388 valence electrons. The Labute approximate surface area is 403 Å². The first-order chi connectivity index (χ1) is 32.1. The summed E-state index contributed by atoms with van der Waals surface area (Å²) in [7, 11) is -5.07. The average molecular weight is 959 g/mol. The number of carbonyl (C=O) groups excluding carboxylic acids is 1. The number of ether oxygens (including phenoxy) is 4. The van der Waals surface area contributed by atoms with Crippen LogP contribution in [0.25, 0.3) is 0 Å². The van der Waals surface area contributed by atoms with E-state index in [9.17, 15) is 33.1 Å². The lowest BCUT2D eigenvalue weighted by atomic mass is 9.99. The fourth-order valence-electron chi connectivity index (χ4n) is 8.17. The number of aliphatic hydroxyl groups excluding tert-OH is 3. The second-order valence-electron chi connectivity index (χ2n) is 18.5. The van der Waals surface area contributed by atoms with Crippen molar-refractivity contribution in [3.05, 3.63) is 36.5 Å². The number of hydrogen-bond acceptors (Lipinski definition) is 11. The monoisotopic (exact) mass is 959 g/mol. The summed E-state index contributed by atoms with van der Waals surface area (Å²) in [5.41, 5.74) is 0. The van der Waals surface area contributed by atoms with E-state index in [1.54, 1.807) is 0 Å². The predicted molar refractivity (Wildman–Crippen MR) is 267 cm³/mol. The molecule has 4 N–H and O–H groups in total. The highest BCUT2D eigenvalue weighted by atomic mass is 32.3. The molecule has 0 amide bonds. The third-order valence-corrected chi connectivity index (χ3v) is 12.7. The summed E-state index contributed by atoms with van der Waals surface area (Å²) in [5.74, 6) is -0.402. The van der Waals surface area contributed by atoms with Crippen molar-refractivity contribution in [2.24, 2.45) is 0 Å². The number of rotatable bonds is 47. The molecule has 0 aliphatic carbocycles. The van der Waals surface area contributed by atoms with E-state index in [1.165, 1.54) is 148 Å². The van der Waals surface area contributed by atoms with Gasteiger partial charge in [0.2, 0.25) is 0 Å². The Morgan fingerprint density at radius 2 is 1.00 bits per heavy atom. The first kappa shape index (κ1) is 62.3. The Hall–Kier alpha value is -1.68. The lowest BCUT2D eigenvalue weighted by Crippen LogP contribution is -2.60. The number of aliphatic hydroxyl groups is 3. The largest absolute Gasteiger partial charge is 0.457 e. The van der Waals surface area contributed by atoms with Crippen LogP contribution in [-0.4, -0.2) is 97.5 Å². The van der Waals surface area contributed by atoms with E-state index < -0.39 is 59.8 Å². The summed E-state index contributed by atoms with van der Waals surface area (Å²) in [6.07, 6.45) is 44.6. The summed E-state index contributed by atoms with van der Waals surface area (Å²) < 4.78 is 59.3. The molecule has 1 aliphatic heterocycles. The van der Waals surface area contributed by atoms with Crippen molar-refractivity contribution in [2.45, 2.75) is 269 Å². The van der Waals surface area contributed by atoms with Crippen LogP contribution in [0.2, 0.25) is 0 Å². The van der Waals surface area contributed by atoms with Crippen LogP contribution in [0.1, 0.15) is 232 Å². The minimum atomic E-state index is -5.07. The molecule has 1 rings (SSSR count). The summed E-state index contributed by atoms with van der Waals surface area (Å²) >= 11 is 0. The van der Waals surface area contributed by atoms with E-state index in [1.807, 2.05) is 0 Å². The van der Waals surface area contributed by atoms with Gasteiger partial charge in [-0.15, -0.1) is 0 Å². The van der Waals surface area contributed by atoms with Crippen LogP contribution in [0.4, 0.5) is 0 Å². The Bertz CT molecular complexity index is 1290. The molecule has 1 saturated heterocycles. The number of esters is 1. The standard InChI is InChI=1S/C53H98O12S/c1-3-5-7-9-11-13-15-17-19-21-22-23-24-25-26-27-28-30-32-34-36-38-40-42-49(55)63-47(46-62-53-51(57)52(65-66(58,59)60)50(56)48(44-54)64-53)45-61-43-41-39-37-35-33-31-29-20-18-16-14-12-10-8-6-4-2/h12,14,18,20-22,47-48,50-54,56-57H,3-11,13,15-17,19,23-46H2,1-2H3,(H,58,59,60)/b14-12-,20-18-,22-21-. The zero-order chi connectivity index (χ0) is 48.2. The van der Waals surface area contributed by atoms with E-state index in [-0.39, 0.29) is 19.6 Å². The van der Waals surface area contributed by atoms with Crippen molar-refractivity contribution in [1.82, 2.24) is 0 Å². The summed E-state index contributed by atoms with van der Waals surface area (Å²) in [5, 5.41) is 30.8. The normalized spacial score (nSPS) is 19.8. The van der Waals surface area contributed by atoms with Gasteiger partial charge >= 0.3 is 16.4 Å². The first-order valence-corrected chi connectivity index (χ1v) is 28.1. The van der Waals surface area contributed by atoms with Crippen LogP contribution < -0.4 is 0 Å². The second-order valence-corrected chi connectivity index (χ2v) is 19.5. The van der Waals surface area contributed by atoms with E-state index >= 15 is 0 Å². The first-order valence-electron chi connectivity index (χ1n) is 26.7. The van der Waals surface area contributed by atoms with Gasteiger partial charge in [-0.3, -0.25) is 9.35 Å². The third kappa shape index (κ3) is 37.2. The highest BCUT2D eigenvalue weighted by Gasteiger charge is 2.48. The average Bonchev–Trinajstić information content (AvgIpc) is 3.29. The van der Waals surface area contributed by atoms with Crippen molar-refractivity contribution < 1.29 is 56.2 Å². The van der Waals surface area contributed by atoms with Gasteiger partial charge in [-0.1, -0.05) is 192 Å². The van der Waals surface area contributed by atoms with E-state index in [4.69, 9.17) is 18.9 Å². The molecular weight excluding hydrogens is 861 g/mol. The minimum Gasteiger partial charge on any atom is -0.457 e. The van der Waals surface area contributed by atoms with Crippen molar-refractivity contribution in [1.29, 1.82) is 0 Å². The maximum Gasteiger partial charge on any atom is 0.397 e. The van der Waals surface area contributed by atoms with E-state index in [2.05, 4.69) is 54.5 Å². The predicted octanol–water partition coefficient (Wildman–Crippen LogP) is 12.5. The molecule has 1 heterocycles. The molecule has 66 heavy (non-hydrogen) atoms. The van der Waals surface area contributed by atoms with Gasteiger partial charge in [-0.25, -0.2) is 4.18 Å². The topological polar surface area (TPSA) is 178 Å². The molecule has 12 nitrogen and oxygen atoms in total. The molecule has 0 aromatic carbocycles. The molecule has 6 atom stereocenters. The molecule has 0 radical (unpaired) electrons. The lowest BCUT2D eigenvalue weighted by molar-refractivity contribution is -0.301. The molecule has 0 aromatic heterocycles. The number of carbonyl (C=O) groups is 1. The Morgan fingerprint density at radius 3 is 1.48 bits per heavy atom. The molecule has 6 unspecified atom stereocenters. The fraction of sp³-hybridized carbons (Fsp3) is 0.868. The van der Waals surface area contributed by atoms with E-state index in [0.717, 1.165) is 57.8 Å². The van der Waals surface area contributed by atoms with Crippen molar-refractivity contribution in [3.63, 3.8) is 0 Å². The molecule has 1 fully saturated rings. The zero-order valence-corrected chi connectivity index (χ0v) is 42.6. The molecule has 0 spiro atoms. The highest BCUT2D eigenvalue weighted by Crippen LogP contribution is 2.26. The Balaban J connectivity index is 2.33. The van der Waals surface area contributed by atoms with Gasteiger partial charge in [-0.2, -0.15) is 8.42 Å². The molecule has 1 aliphatic rings. The van der Waals surface area contributed by atoms with Crippen LogP contribution in [0.15, 0.2) is 36.5 Å². The Morgan fingerprint density at radius 1 is 0.576 bits per heavy atom. The van der Waals surface area contributed by atoms with Crippen LogP contribution in [0.5, 0.6) is 0 Å². The Kier molecular flexibility index (Phi) is 42.1. The van der Waals surface area contributed by atoms with Crippen LogP contribution >= 0.6 is 0 Å². The van der Waals surface area contributed by atoms with Gasteiger partial charge in [0.25, 0.3) is 0 Å². The van der Waals surface area contributed by atoms with Gasteiger partial charge < -0.3 is 34.3 Å². The van der Waals surface area contributed by atoms with Crippen molar-refractivity contribution in [3.8, 4) is 0 Å². The van der Waals surface area contributed by atoms with Crippen molar-refractivity contribution in [2.75, 3.05) is 26.4 Å². The number of hydrogen-bond donors (Lipinski definition) is 4. The fourth-order valence-corrected chi connectivity index (χ4v) is 8.68. The van der Waals surface area contributed by atoms with Crippen molar-refractivity contribution >= 4 is 16.4 Å². The van der Waals surface area contributed by atoms with Gasteiger partial charge in [0, 0.05) is 13.0 Å². The minimum absolute atomic E-state index is 0.0300. The molecule has 0 bridgehead atoms. The van der Waals surface area contributed by atoms with E-state index in [0.29, 0.717) is 13.0 Å². The summed E-state index contributed by atoms with van der Waals surface area (Å²) in [6.45, 7) is 3.97. The van der Waals surface area contributed by atoms with Gasteiger partial charge in [0.05, 0.1) is 19.8 Å². The molecule has 0 aromatic rings. The molecular formula is C53H98O12S. The zero-order valence-electron chi connectivity index (χ0n) is 41.8. The second kappa shape index (κ2) is 44.5. The molecule has 0 saturated carbocycles. The van der Waals surface area contributed by atoms with Gasteiger partial charge in [0.1, 0.15) is 30.5 Å². The van der Waals surface area contributed by atoms with Crippen LogP contribution in [-0.2, 0) is 38.3 Å². The lowest BCUT2D eigenvalue weighted by Gasteiger charge is -2.41. The quantitative estimate of drug-likeness (QED) is 0.0197. The van der Waals surface area contributed by atoms with Gasteiger partial charge in [-0.05, 0) is 70.6 Å². The summed E-state index contributed by atoms with van der Waals surface area (Å²) in [4.78, 5) is 12.9. The van der Waals surface area contributed by atoms with Crippen LogP contribution in [0.3, 0.4) is 0 Å². The van der Waals surface area contributed by atoms with Gasteiger partial charge in [0.15, 0.2) is 6.29 Å². The summed E-state index contributed by atoms with van der Waals surface area (Å²) in [6, 6.07) is 0. The third-order valence-electron chi connectivity index (χ3n) is 12.2. The number of allylic oxidation sites excluding steroid dienone is 6. The number of unbranched alkanes of at least 4 members (excludes halogenated alkanes) is 28. The maximum absolute atomic E-state index is 12.9. The smallest absolute Gasteiger partial charge is 0.397 e. The maximum atomic E-state index is 12.9. The highest BCUT2D eigenvalue weighted by molar-refractivity contribution is 7.80. The van der Waals surface area contributed by atoms with Crippen LogP contribution in [0, 0.1) is 0 Å². The SMILES string of the molecule is CCCCC/C=C\C/C=C\CCCCCCCCOCC(COC1OC(CO)C(O)C(OS(=O)(=O)O)C1O)OC(=O)CCCCCCCCCCCCC/C=C\CCCCCCCCCC.